The quantitative estimate of drug-likeness (QED) is 0.808. The normalized spacial score (nSPS) is 22.7. The van der Waals surface area contributed by atoms with E-state index in [9.17, 15) is 4.79 Å². The lowest BCUT2D eigenvalue weighted by Gasteiger charge is -2.38. The molecule has 0 heterocycles. The number of ether oxygens (including phenoxy) is 1. The van der Waals surface area contributed by atoms with E-state index in [1.54, 1.807) is 0 Å². The van der Waals surface area contributed by atoms with Gasteiger partial charge >= 0.3 is 6.09 Å². The number of carbonyl (C=O) groups excluding carboxylic acids is 1. The molecule has 1 aliphatic carbocycles. The Morgan fingerprint density at radius 2 is 1.78 bits per heavy atom. The highest BCUT2D eigenvalue weighted by atomic mass is 32.2. The van der Waals surface area contributed by atoms with Gasteiger partial charge in [-0.2, -0.15) is 11.8 Å². The minimum atomic E-state index is -0.457. The standard InChI is InChI=1S/C18H36N2O2S/c1-17(2,3)20(16(21)22-18(4,5)6)13-12-19-14-10-8-9-11-15(14)23-7/h14-15,19H,8-13H2,1-7H3. The van der Waals surface area contributed by atoms with Gasteiger partial charge in [0.15, 0.2) is 0 Å². The zero-order chi connectivity index (χ0) is 17.7. The minimum Gasteiger partial charge on any atom is -0.444 e. The van der Waals surface area contributed by atoms with E-state index in [0.717, 1.165) is 6.54 Å². The van der Waals surface area contributed by atoms with Gasteiger partial charge in [0, 0.05) is 29.9 Å². The van der Waals surface area contributed by atoms with Crippen LogP contribution in [0, 0.1) is 0 Å². The lowest BCUT2D eigenvalue weighted by Crippen LogP contribution is -2.52. The van der Waals surface area contributed by atoms with Crippen LogP contribution in [0.25, 0.3) is 0 Å². The molecule has 0 aromatic rings. The highest BCUT2D eigenvalue weighted by Gasteiger charge is 2.31. The van der Waals surface area contributed by atoms with Crippen molar-refractivity contribution in [2.45, 2.75) is 89.7 Å². The first-order valence-electron chi connectivity index (χ1n) is 8.81. The molecule has 0 bridgehead atoms. The van der Waals surface area contributed by atoms with Gasteiger partial charge in [-0.3, -0.25) is 0 Å². The van der Waals surface area contributed by atoms with E-state index < -0.39 is 5.60 Å². The zero-order valence-electron chi connectivity index (χ0n) is 16.1. The summed E-state index contributed by atoms with van der Waals surface area (Å²) in [6.07, 6.45) is 7.17. The SMILES string of the molecule is CSC1CCCCC1NCCN(C(=O)OC(C)(C)C)C(C)(C)C. The second kappa shape index (κ2) is 8.61. The maximum atomic E-state index is 12.5. The number of amides is 1. The topological polar surface area (TPSA) is 41.6 Å². The third-order valence-corrected chi connectivity index (χ3v) is 5.34. The lowest BCUT2D eigenvalue weighted by molar-refractivity contribution is 0.00641. The van der Waals surface area contributed by atoms with Crippen LogP contribution in [0.2, 0.25) is 0 Å². The monoisotopic (exact) mass is 344 g/mol. The summed E-state index contributed by atoms with van der Waals surface area (Å²) in [5, 5.41) is 4.37. The Morgan fingerprint density at radius 1 is 1.17 bits per heavy atom. The predicted molar refractivity (Wildman–Crippen MR) is 100 cm³/mol. The molecular weight excluding hydrogens is 308 g/mol. The second-order valence-electron chi connectivity index (χ2n) is 8.42. The van der Waals surface area contributed by atoms with E-state index in [1.807, 2.05) is 37.4 Å². The molecule has 2 unspecified atom stereocenters. The van der Waals surface area contributed by atoms with Crippen molar-refractivity contribution < 1.29 is 9.53 Å². The third kappa shape index (κ3) is 7.34. The van der Waals surface area contributed by atoms with Crippen molar-refractivity contribution >= 4 is 17.9 Å². The van der Waals surface area contributed by atoms with Crippen LogP contribution in [0.4, 0.5) is 4.79 Å². The van der Waals surface area contributed by atoms with E-state index in [4.69, 9.17) is 4.74 Å². The molecule has 0 aromatic carbocycles. The molecule has 1 saturated carbocycles. The number of nitrogens with one attached hydrogen (secondary N) is 1. The van der Waals surface area contributed by atoms with Crippen molar-refractivity contribution in [2.24, 2.45) is 0 Å². The number of hydrogen-bond acceptors (Lipinski definition) is 4. The highest BCUT2D eigenvalue weighted by Crippen LogP contribution is 2.27. The van der Waals surface area contributed by atoms with Crippen molar-refractivity contribution in [1.82, 2.24) is 10.2 Å². The first-order valence-corrected chi connectivity index (χ1v) is 10.1. The molecule has 0 aromatic heterocycles. The van der Waals surface area contributed by atoms with Crippen LogP contribution >= 0.6 is 11.8 Å². The number of thioether (sulfide) groups is 1. The van der Waals surface area contributed by atoms with Crippen LogP contribution in [0.15, 0.2) is 0 Å². The largest absolute Gasteiger partial charge is 0.444 e. The summed E-state index contributed by atoms with van der Waals surface area (Å²) >= 11 is 1.96. The average molecular weight is 345 g/mol. The molecule has 0 spiro atoms. The molecule has 1 amide bonds. The Labute approximate surface area is 147 Å². The molecule has 0 aliphatic heterocycles. The van der Waals surface area contributed by atoms with E-state index in [0.29, 0.717) is 17.8 Å². The van der Waals surface area contributed by atoms with Crippen molar-refractivity contribution in [1.29, 1.82) is 0 Å². The van der Waals surface area contributed by atoms with Crippen LogP contribution in [0.3, 0.4) is 0 Å². The zero-order valence-corrected chi connectivity index (χ0v) is 16.9. The summed E-state index contributed by atoms with van der Waals surface area (Å²) in [5.41, 5.74) is -0.698. The molecule has 1 fully saturated rings. The fraction of sp³-hybridized carbons (Fsp3) is 0.944. The van der Waals surface area contributed by atoms with Gasteiger partial charge in [-0.25, -0.2) is 4.79 Å². The second-order valence-corrected chi connectivity index (χ2v) is 9.50. The molecule has 2 atom stereocenters. The fourth-order valence-electron chi connectivity index (χ4n) is 2.99. The van der Waals surface area contributed by atoms with Gasteiger partial charge in [0.25, 0.3) is 0 Å². The van der Waals surface area contributed by atoms with E-state index >= 15 is 0 Å². The number of nitrogens with zero attached hydrogens (tertiary/aromatic N) is 1. The smallest absolute Gasteiger partial charge is 0.410 e. The average Bonchev–Trinajstić information content (AvgIpc) is 2.40. The van der Waals surface area contributed by atoms with E-state index in [1.165, 1.54) is 25.7 Å². The molecule has 4 nitrogen and oxygen atoms in total. The van der Waals surface area contributed by atoms with Gasteiger partial charge in [0.2, 0.25) is 0 Å². The van der Waals surface area contributed by atoms with Crippen molar-refractivity contribution in [3.63, 3.8) is 0 Å². The van der Waals surface area contributed by atoms with Crippen molar-refractivity contribution in [2.75, 3.05) is 19.3 Å². The maximum absolute atomic E-state index is 12.5. The van der Waals surface area contributed by atoms with Gasteiger partial charge in [0.05, 0.1) is 0 Å². The maximum Gasteiger partial charge on any atom is 0.410 e. The summed E-state index contributed by atoms with van der Waals surface area (Å²) < 4.78 is 5.57. The van der Waals surface area contributed by atoms with Crippen molar-refractivity contribution in [3.05, 3.63) is 0 Å². The van der Waals surface area contributed by atoms with Crippen molar-refractivity contribution in [3.8, 4) is 0 Å². The highest BCUT2D eigenvalue weighted by molar-refractivity contribution is 7.99. The van der Waals surface area contributed by atoms with Gasteiger partial charge in [-0.1, -0.05) is 12.8 Å². The Balaban J connectivity index is 2.56. The van der Waals surface area contributed by atoms with Gasteiger partial charge in [-0.15, -0.1) is 0 Å². The first-order chi connectivity index (χ1) is 10.5. The van der Waals surface area contributed by atoms with E-state index in [-0.39, 0.29) is 11.6 Å². The molecule has 5 heteroatoms. The predicted octanol–water partition coefficient (Wildman–Crippen LogP) is 4.29. The molecule has 23 heavy (non-hydrogen) atoms. The molecular formula is C18H36N2O2S. The van der Waals surface area contributed by atoms with Crippen LogP contribution in [0.5, 0.6) is 0 Å². The molecule has 1 rings (SSSR count). The summed E-state index contributed by atoms with van der Waals surface area (Å²) in [4.78, 5) is 14.3. The number of carbonyl (C=O) groups is 1. The Morgan fingerprint density at radius 3 is 2.30 bits per heavy atom. The molecule has 0 radical (unpaired) electrons. The summed E-state index contributed by atoms with van der Waals surface area (Å²) in [5.74, 6) is 0. The van der Waals surface area contributed by atoms with Crippen LogP contribution in [0.1, 0.15) is 67.2 Å². The molecule has 0 saturated heterocycles. The summed E-state index contributed by atoms with van der Waals surface area (Å²) in [6, 6.07) is 0.569. The van der Waals surface area contributed by atoms with Crippen LogP contribution < -0.4 is 5.32 Å². The fourth-order valence-corrected chi connectivity index (χ4v) is 3.96. The van der Waals surface area contributed by atoms with Crippen LogP contribution in [-0.4, -0.2) is 52.8 Å². The molecule has 1 N–H and O–H groups in total. The van der Waals surface area contributed by atoms with Gasteiger partial charge in [0.1, 0.15) is 5.60 Å². The first kappa shape index (κ1) is 20.6. The molecule has 136 valence electrons. The third-order valence-electron chi connectivity index (χ3n) is 4.17. The Bertz CT molecular complexity index is 374. The minimum absolute atomic E-state index is 0.225. The van der Waals surface area contributed by atoms with E-state index in [2.05, 4.69) is 32.3 Å². The van der Waals surface area contributed by atoms with Gasteiger partial charge < -0.3 is 15.0 Å². The number of hydrogen-bond donors (Lipinski definition) is 1. The summed E-state index contributed by atoms with van der Waals surface area (Å²) in [7, 11) is 0. The van der Waals surface area contributed by atoms with Gasteiger partial charge in [-0.05, 0) is 60.6 Å². The Hall–Kier alpha value is -0.420. The summed E-state index contributed by atoms with van der Waals surface area (Å²) in [6.45, 7) is 13.4. The molecule has 1 aliphatic rings. The lowest BCUT2D eigenvalue weighted by atomic mass is 9.95. The number of rotatable bonds is 5. The Kier molecular flexibility index (Phi) is 7.72. The van der Waals surface area contributed by atoms with Crippen LogP contribution in [-0.2, 0) is 4.74 Å².